The Kier molecular flexibility index (Phi) is 22.2. The lowest BCUT2D eigenvalue weighted by Crippen LogP contribution is -3.00. The number of unbranched alkanes of at least 4 members (excludes halogenated alkanes) is 11. The third kappa shape index (κ3) is 22.4. The Morgan fingerprint density at radius 3 is 1.65 bits per heavy atom. The summed E-state index contributed by atoms with van der Waals surface area (Å²) in [5, 5.41) is 3.79. The van der Waals surface area contributed by atoms with Crippen LogP contribution in [-0.2, 0) is 0 Å². The van der Waals surface area contributed by atoms with Gasteiger partial charge in [-0.05, 0) is 38.6 Å². The molecule has 0 spiro atoms. The van der Waals surface area contributed by atoms with Gasteiger partial charge in [-0.1, -0.05) is 78.1 Å². The fourth-order valence-electron chi connectivity index (χ4n) is 3.52. The van der Waals surface area contributed by atoms with Crippen LogP contribution in [0.2, 0.25) is 0 Å². The lowest BCUT2D eigenvalue weighted by molar-refractivity contribution is -0.870. The molecule has 0 aromatic carbocycles. The molecule has 2 nitrogen and oxygen atoms in total. The normalized spacial score (nSPS) is 12.8. The summed E-state index contributed by atoms with van der Waals surface area (Å²) in [7, 11) is 6.87. The Balaban J connectivity index is 0. The van der Waals surface area contributed by atoms with E-state index in [1.165, 1.54) is 109 Å². The van der Waals surface area contributed by atoms with Gasteiger partial charge in [0.25, 0.3) is 0 Å². The molecule has 0 aromatic rings. The smallest absolute Gasteiger partial charge is 0.0780 e. The van der Waals surface area contributed by atoms with Crippen LogP contribution in [0.4, 0.5) is 0 Å². The van der Waals surface area contributed by atoms with E-state index in [1.807, 2.05) is 0 Å². The summed E-state index contributed by atoms with van der Waals surface area (Å²) >= 11 is 0. The maximum absolute atomic E-state index is 3.79. The van der Waals surface area contributed by atoms with Crippen LogP contribution in [0.5, 0.6) is 0 Å². The summed E-state index contributed by atoms with van der Waals surface area (Å²) in [4.78, 5) is 0. The van der Waals surface area contributed by atoms with Crippen LogP contribution < -0.4 is 22.3 Å². The number of quaternary nitrogens is 1. The molecule has 0 fully saturated rings. The SMILES string of the molecule is CCCCCCCCCCCCC(CC)NCCCCC[N+](C)(C)C.[Br-]. The molecule has 0 amide bonds. The third-order valence-electron chi connectivity index (χ3n) is 5.34. The Bertz CT molecular complexity index is 263. The van der Waals surface area contributed by atoms with Gasteiger partial charge in [-0.15, -0.1) is 0 Å². The van der Waals surface area contributed by atoms with Crippen molar-refractivity contribution in [1.29, 1.82) is 0 Å². The van der Waals surface area contributed by atoms with Gasteiger partial charge in [0.15, 0.2) is 0 Å². The van der Waals surface area contributed by atoms with Crippen LogP contribution in [0.15, 0.2) is 0 Å². The Morgan fingerprint density at radius 2 is 1.15 bits per heavy atom. The highest BCUT2D eigenvalue weighted by molar-refractivity contribution is 4.65. The van der Waals surface area contributed by atoms with Gasteiger partial charge in [0, 0.05) is 6.04 Å². The van der Waals surface area contributed by atoms with E-state index in [0.717, 1.165) is 10.5 Å². The predicted octanol–water partition coefficient (Wildman–Crippen LogP) is 3.55. The summed E-state index contributed by atoms with van der Waals surface area (Å²) in [6.07, 6.45) is 21.2. The van der Waals surface area contributed by atoms with Crippen molar-refractivity contribution in [1.82, 2.24) is 5.32 Å². The second-order valence-corrected chi connectivity index (χ2v) is 9.10. The van der Waals surface area contributed by atoms with Gasteiger partial charge in [0.1, 0.15) is 0 Å². The molecule has 0 aliphatic heterocycles. The molecule has 0 saturated carbocycles. The zero-order valence-corrected chi connectivity index (χ0v) is 20.5. The lowest BCUT2D eigenvalue weighted by Gasteiger charge is -2.23. The number of nitrogens with one attached hydrogen (secondary N) is 1. The fourth-order valence-corrected chi connectivity index (χ4v) is 3.52. The van der Waals surface area contributed by atoms with E-state index >= 15 is 0 Å². The van der Waals surface area contributed by atoms with Crippen molar-refractivity contribution >= 4 is 0 Å². The van der Waals surface area contributed by atoms with E-state index in [1.54, 1.807) is 0 Å². The molecule has 0 bridgehead atoms. The predicted molar refractivity (Wildman–Crippen MR) is 115 cm³/mol. The molecule has 3 heteroatoms. The summed E-state index contributed by atoms with van der Waals surface area (Å²) < 4.78 is 1.10. The zero-order chi connectivity index (χ0) is 18.8. The number of hydrogen-bond acceptors (Lipinski definition) is 1. The summed E-state index contributed by atoms with van der Waals surface area (Å²) in [5.41, 5.74) is 0. The quantitative estimate of drug-likeness (QED) is 0.242. The van der Waals surface area contributed by atoms with E-state index in [0.29, 0.717) is 0 Å². The van der Waals surface area contributed by atoms with E-state index in [-0.39, 0.29) is 17.0 Å². The first-order valence-electron chi connectivity index (χ1n) is 11.5. The zero-order valence-electron chi connectivity index (χ0n) is 18.9. The van der Waals surface area contributed by atoms with Gasteiger partial charge < -0.3 is 26.8 Å². The topological polar surface area (TPSA) is 12.0 Å². The maximum atomic E-state index is 3.79. The van der Waals surface area contributed by atoms with Gasteiger partial charge in [0.2, 0.25) is 0 Å². The maximum Gasteiger partial charge on any atom is 0.0780 e. The van der Waals surface area contributed by atoms with Crippen molar-refractivity contribution in [3.63, 3.8) is 0 Å². The Morgan fingerprint density at radius 1 is 0.654 bits per heavy atom. The first-order valence-corrected chi connectivity index (χ1v) is 11.5. The van der Waals surface area contributed by atoms with Gasteiger partial charge in [-0.3, -0.25) is 0 Å². The molecule has 0 aliphatic rings. The van der Waals surface area contributed by atoms with E-state index in [9.17, 15) is 0 Å². The largest absolute Gasteiger partial charge is 1.00 e. The standard InChI is InChI=1S/C23H51N2.BrH/c1-6-8-9-10-11-12-13-14-15-17-20-23(7-2)24-21-18-16-19-22-25(3,4)5;/h23-24H,6-22H2,1-5H3;1H/q+1;/p-1. The second kappa shape index (κ2) is 20.1. The number of rotatable bonds is 19. The number of nitrogens with zero attached hydrogens (tertiary/aromatic N) is 1. The van der Waals surface area contributed by atoms with Crippen molar-refractivity contribution in [2.24, 2.45) is 0 Å². The molecule has 0 heterocycles. The molecule has 1 atom stereocenters. The molecule has 0 saturated heterocycles. The van der Waals surface area contributed by atoms with Crippen LogP contribution >= 0.6 is 0 Å². The van der Waals surface area contributed by atoms with Crippen LogP contribution in [-0.4, -0.2) is 44.8 Å². The molecule has 26 heavy (non-hydrogen) atoms. The minimum atomic E-state index is 0. The number of hydrogen-bond donors (Lipinski definition) is 1. The highest BCUT2D eigenvalue weighted by atomic mass is 79.9. The van der Waals surface area contributed by atoms with E-state index < -0.39 is 0 Å². The van der Waals surface area contributed by atoms with Crippen LogP contribution in [0.25, 0.3) is 0 Å². The van der Waals surface area contributed by atoms with Crippen molar-refractivity contribution < 1.29 is 21.5 Å². The molecule has 0 radical (unpaired) electrons. The molecule has 1 unspecified atom stereocenters. The highest BCUT2D eigenvalue weighted by Crippen LogP contribution is 2.13. The molecule has 160 valence electrons. The minimum Gasteiger partial charge on any atom is -1.00 e. The van der Waals surface area contributed by atoms with E-state index in [2.05, 4.69) is 40.3 Å². The highest BCUT2D eigenvalue weighted by Gasteiger charge is 2.07. The molecule has 1 N–H and O–H groups in total. The lowest BCUT2D eigenvalue weighted by atomic mass is 10.0. The first kappa shape index (κ1) is 28.6. The van der Waals surface area contributed by atoms with Crippen LogP contribution in [0.1, 0.15) is 110 Å². The van der Waals surface area contributed by atoms with Crippen molar-refractivity contribution in [2.45, 2.75) is 116 Å². The van der Waals surface area contributed by atoms with Crippen LogP contribution in [0, 0.1) is 0 Å². The second-order valence-electron chi connectivity index (χ2n) is 9.10. The molecule has 0 aromatic heterocycles. The summed E-state index contributed by atoms with van der Waals surface area (Å²) in [6.45, 7) is 7.15. The minimum absolute atomic E-state index is 0. The Hall–Kier alpha value is 0.400. The Labute approximate surface area is 177 Å². The van der Waals surface area contributed by atoms with Gasteiger partial charge in [-0.25, -0.2) is 0 Å². The average Bonchev–Trinajstić information content (AvgIpc) is 2.56. The van der Waals surface area contributed by atoms with Crippen molar-refractivity contribution in [3.8, 4) is 0 Å². The van der Waals surface area contributed by atoms with Gasteiger partial charge >= 0.3 is 0 Å². The molecule has 0 aliphatic carbocycles. The van der Waals surface area contributed by atoms with Crippen molar-refractivity contribution in [2.75, 3.05) is 34.2 Å². The van der Waals surface area contributed by atoms with E-state index in [4.69, 9.17) is 0 Å². The fraction of sp³-hybridized carbons (Fsp3) is 1.00. The van der Waals surface area contributed by atoms with Crippen LogP contribution in [0.3, 0.4) is 0 Å². The molecular formula is C23H51BrN2. The summed E-state index contributed by atoms with van der Waals surface area (Å²) in [6, 6.07) is 0.757. The monoisotopic (exact) mass is 434 g/mol. The van der Waals surface area contributed by atoms with Gasteiger partial charge in [0.05, 0.1) is 27.7 Å². The summed E-state index contributed by atoms with van der Waals surface area (Å²) in [5.74, 6) is 0. The molecular weight excluding hydrogens is 384 g/mol. The average molecular weight is 436 g/mol. The first-order chi connectivity index (χ1) is 12.0. The molecule has 0 rings (SSSR count). The third-order valence-corrected chi connectivity index (χ3v) is 5.34. The van der Waals surface area contributed by atoms with Gasteiger partial charge in [-0.2, -0.15) is 0 Å². The van der Waals surface area contributed by atoms with Crippen molar-refractivity contribution in [3.05, 3.63) is 0 Å². The number of halogens is 1.